The Bertz CT molecular complexity index is 1100. The average Bonchev–Trinajstić information content (AvgIpc) is 3.01. The molecule has 134 valence electrons. The van der Waals surface area contributed by atoms with Crippen molar-refractivity contribution in [2.24, 2.45) is 0 Å². The molecule has 4 rings (SSSR count). The number of aryl methyl sites for hydroxylation is 2. The molecular formula is C22H20N4O. The van der Waals surface area contributed by atoms with E-state index < -0.39 is 0 Å². The lowest BCUT2D eigenvalue weighted by atomic mass is 10.1. The quantitative estimate of drug-likeness (QED) is 0.596. The van der Waals surface area contributed by atoms with Crippen LogP contribution in [-0.4, -0.2) is 20.5 Å². The minimum Gasteiger partial charge on any atom is -0.326 e. The lowest BCUT2D eigenvalue weighted by molar-refractivity contribution is -0.115. The van der Waals surface area contributed by atoms with Gasteiger partial charge in [-0.15, -0.1) is 0 Å². The van der Waals surface area contributed by atoms with Crippen molar-refractivity contribution in [3.8, 4) is 11.3 Å². The number of benzene rings is 2. The van der Waals surface area contributed by atoms with Crippen molar-refractivity contribution in [2.45, 2.75) is 20.3 Å². The molecule has 2 aromatic heterocycles. The minimum absolute atomic E-state index is 0.0975. The maximum Gasteiger partial charge on any atom is 0.230 e. The molecule has 0 aliphatic carbocycles. The van der Waals surface area contributed by atoms with Crippen molar-refractivity contribution in [2.75, 3.05) is 5.32 Å². The summed E-state index contributed by atoms with van der Waals surface area (Å²) in [6, 6.07) is 21.5. The average molecular weight is 356 g/mol. The standard InChI is InChI=1S/C22H20N4O/c1-15-8-11-17(12-9-15)22-19(26-20(24-22)13-10-16(2)25-26)14-21(27)23-18-6-4-3-5-7-18/h3-13H,14H2,1-2H3,(H,23,27). The van der Waals surface area contributed by atoms with Crippen LogP contribution in [0.1, 0.15) is 17.0 Å². The fourth-order valence-electron chi connectivity index (χ4n) is 3.05. The van der Waals surface area contributed by atoms with Crippen LogP contribution in [0.15, 0.2) is 66.7 Å². The molecule has 0 spiro atoms. The highest BCUT2D eigenvalue weighted by atomic mass is 16.1. The summed E-state index contributed by atoms with van der Waals surface area (Å²) in [5, 5.41) is 7.51. The molecule has 4 aromatic rings. The van der Waals surface area contributed by atoms with E-state index in [0.29, 0.717) is 0 Å². The topological polar surface area (TPSA) is 59.3 Å². The Hall–Kier alpha value is -3.47. The number of nitrogens with zero attached hydrogens (tertiary/aromatic N) is 3. The molecular weight excluding hydrogens is 336 g/mol. The number of anilines is 1. The summed E-state index contributed by atoms with van der Waals surface area (Å²) in [6.07, 6.45) is 0.190. The lowest BCUT2D eigenvalue weighted by Crippen LogP contribution is -2.16. The van der Waals surface area contributed by atoms with E-state index in [0.717, 1.165) is 34.0 Å². The Labute approximate surface area is 157 Å². The van der Waals surface area contributed by atoms with Gasteiger partial charge in [-0.2, -0.15) is 5.10 Å². The Balaban J connectivity index is 1.75. The molecule has 0 saturated carbocycles. The number of rotatable bonds is 4. The fourth-order valence-corrected chi connectivity index (χ4v) is 3.05. The van der Waals surface area contributed by atoms with Gasteiger partial charge in [0, 0.05) is 11.3 Å². The number of nitrogens with one attached hydrogen (secondary N) is 1. The second-order valence-corrected chi connectivity index (χ2v) is 6.61. The molecule has 1 N–H and O–H groups in total. The number of imidazole rings is 1. The molecule has 1 amide bonds. The minimum atomic E-state index is -0.0975. The van der Waals surface area contributed by atoms with Crippen LogP contribution in [-0.2, 0) is 11.2 Å². The molecule has 2 heterocycles. The molecule has 0 fully saturated rings. The molecule has 0 radical (unpaired) electrons. The largest absolute Gasteiger partial charge is 0.326 e. The number of hydrogen-bond acceptors (Lipinski definition) is 3. The third-order valence-corrected chi connectivity index (χ3v) is 4.41. The summed E-state index contributed by atoms with van der Waals surface area (Å²) in [4.78, 5) is 17.4. The summed E-state index contributed by atoms with van der Waals surface area (Å²) < 4.78 is 1.77. The zero-order valence-corrected chi connectivity index (χ0v) is 15.3. The smallest absolute Gasteiger partial charge is 0.230 e. The molecule has 2 aromatic carbocycles. The van der Waals surface area contributed by atoms with Gasteiger partial charge in [0.15, 0.2) is 5.65 Å². The first-order chi connectivity index (χ1) is 13.1. The van der Waals surface area contributed by atoms with Crippen LogP contribution in [0, 0.1) is 13.8 Å². The van der Waals surface area contributed by atoms with E-state index in [1.165, 1.54) is 5.56 Å². The first-order valence-electron chi connectivity index (χ1n) is 8.87. The Morgan fingerprint density at radius 2 is 1.70 bits per heavy atom. The van der Waals surface area contributed by atoms with Gasteiger partial charge in [-0.1, -0.05) is 48.0 Å². The normalized spacial score (nSPS) is 10.9. The second kappa shape index (κ2) is 7.03. The van der Waals surface area contributed by atoms with Crippen LogP contribution in [0.4, 0.5) is 5.69 Å². The monoisotopic (exact) mass is 356 g/mol. The molecule has 0 aliphatic heterocycles. The van der Waals surface area contributed by atoms with Gasteiger partial charge in [-0.25, -0.2) is 9.50 Å². The predicted molar refractivity (Wildman–Crippen MR) is 107 cm³/mol. The summed E-state index contributed by atoms with van der Waals surface area (Å²) >= 11 is 0. The van der Waals surface area contributed by atoms with Gasteiger partial charge in [-0.3, -0.25) is 4.79 Å². The highest BCUT2D eigenvalue weighted by Crippen LogP contribution is 2.25. The van der Waals surface area contributed by atoms with Gasteiger partial charge < -0.3 is 5.32 Å². The van der Waals surface area contributed by atoms with E-state index >= 15 is 0 Å². The van der Waals surface area contributed by atoms with Gasteiger partial charge in [0.05, 0.1) is 23.5 Å². The van der Waals surface area contributed by atoms with Gasteiger partial charge in [0.1, 0.15) is 0 Å². The molecule has 0 unspecified atom stereocenters. The molecule has 0 bridgehead atoms. The number of para-hydroxylation sites is 1. The summed E-state index contributed by atoms with van der Waals surface area (Å²) in [5.41, 5.74) is 6.12. The number of hydrogen-bond donors (Lipinski definition) is 1. The highest BCUT2D eigenvalue weighted by molar-refractivity contribution is 5.93. The molecule has 5 nitrogen and oxygen atoms in total. The lowest BCUT2D eigenvalue weighted by Gasteiger charge is -2.07. The maximum absolute atomic E-state index is 12.7. The van der Waals surface area contributed by atoms with Crippen LogP contribution < -0.4 is 5.32 Å². The van der Waals surface area contributed by atoms with Gasteiger partial charge in [-0.05, 0) is 38.1 Å². The first-order valence-corrected chi connectivity index (χ1v) is 8.87. The van der Waals surface area contributed by atoms with Crippen molar-refractivity contribution >= 4 is 17.2 Å². The second-order valence-electron chi connectivity index (χ2n) is 6.61. The molecule has 0 atom stereocenters. The zero-order chi connectivity index (χ0) is 18.8. The summed E-state index contributed by atoms with van der Waals surface area (Å²) in [7, 11) is 0. The van der Waals surface area contributed by atoms with Crippen LogP contribution in [0.5, 0.6) is 0 Å². The van der Waals surface area contributed by atoms with Crippen molar-refractivity contribution < 1.29 is 4.79 Å². The summed E-state index contributed by atoms with van der Waals surface area (Å²) in [6.45, 7) is 3.98. The summed E-state index contributed by atoms with van der Waals surface area (Å²) in [5.74, 6) is -0.0975. The van der Waals surface area contributed by atoms with E-state index in [1.54, 1.807) is 4.52 Å². The molecule has 5 heteroatoms. The van der Waals surface area contributed by atoms with E-state index in [2.05, 4.69) is 10.4 Å². The SMILES string of the molecule is Cc1ccc(-c2nc3ccc(C)nn3c2CC(=O)Nc2ccccc2)cc1. The highest BCUT2D eigenvalue weighted by Gasteiger charge is 2.18. The predicted octanol–water partition coefficient (Wildman–Crippen LogP) is 4.19. The zero-order valence-electron chi connectivity index (χ0n) is 15.3. The number of carbonyl (C=O) groups is 1. The number of amides is 1. The first kappa shape index (κ1) is 17.0. The van der Waals surface area contributed by atoms with E-state index in [1.807, 2.05) is 80.6 Å². The van der Waals surface area contributed by atoms with E-state index in [-0.39, 0.29) is 12.3 Å². The van der Waals surface area contributed by atoms with Crippen molar-refractivity contribution in [1.82, 2.24) is 14.6 Å². The Morgan fingerprint density at radius 1 is 0.963 bits per heavy atom. The van der Waals surface area contributed by atoms with Gasteiger partial charge >= 0.3 is 0 Å². The molecule has 0 saturated heterocycles. The van der Waals surface area contributed by atoms with Crippen LogP contribution in [0.25, 0.3) is 16.9 Å². The van der Waals surface area contributed by atoms with E-state index in [9.17, 15) is 4.79 Å². The van der Waals surface area contributed by atoms with Gasteiger partial charge in [0.25, 0.3) is 0 Å². The van der Waals surface area contributed by atoms with Crippen molar-refractivity contribution in [1.29, 1.82) is 0 Å². The van der Waals surface area contributed by atoms with E-state index in [4.69, 9.17) is 4.98 Å². The van der Waals surface area contributed by atoms with Crippen LogP contribution in [0.2, 0.25) is 0 Å². The third kappa shape index (κ3) is 3.58. The van der Waals surface area contributed by atoms with Crippen LogP contribution in [0.3, 0.4) is 0 Å². The maximum atomic E-state index is 12.7. The Kier molecular flexibility index (Phi) is 4.42. The van der Waals surface area contributed by atoms with Crippen molar-refractivity contribution in [3.63, 3.8) is 0 Å². The van der Waals surface area contributed by atoms with Crippen LogP contribution >= 0.6 is 0 Å². The van der Waals surface area contributed by atoms with Gasteiger partial charge in [0.2, 0.25) is 5.91 Å². The molecule has 0 aliphatic rings. The van der Waals surface area contributed by atoms with Crippen molar-refractivity contribution in [3.05, 3.63) is 83.7 Å². The number of aromatic nitrogens is 3. The fraction of sp³-hybridized carbons (Fsp3) is 0.136. The Morgan fingerprint density at radius 3 is 2.44 bits per heavy atom. The number of carbonyl (C=O) groups excluding carboxylic acids is 1. The molecule has 27 heavy (non-hydrogen) atoms. The number of fused-ring (bicyclic) bond motifs is 1. The third-order valence-electron chi connectivity index (χ3n) is 4.41.